The first-order chi connectivity index (χ1) is 4.95. The zero-order valence-corrected chi connectivity index (χ0v) is 7.81. The predicted molar refractivity (Wildman–Crippen MR) is 43.5 cm³/mol. The average molecular weight is 157 g/mol. The van der Waals surface area contributed by atoms with Gasteiger partial charge in [0.15, 0.2) is 0 Å². The summed E-state index contributed by atoms with van der Waals surface area (Å²) >= 11 is 0. The van der Waals surface area contributed by atoms with Crippen LogP contribution < -0.4 is 0 Å². The van der Waals surface area contributed by atoms with Crippen molar-refractivity contribution in [1.82, 2.24) is 0 Å². The Morgan fingerprint density at radius 3 is 2.00 bits per heavy atom. The van der Waals surface area contributed by atoms with E-state index in [-0.39, 0.29) is 5.92 Å². The fourth-order valence-electron chi connectivity index (χ4n) is 1.15. The van der Waals surface area contributed by atoms with Crippen LogP contribution in [-0.4, -0.2) is 5.97 Å². The van der Waals surface area contributed by atoms with E-state index in [0.717, 1.165) is 6.42 Å². The first kappa shape index (κ1) is 10.5. The number of hydrogen-bond acceptors (Lipinski definition) is 1. The van der Waals surface area contributed by atoms with Crippen molar-refractivity contribution in [3.63, 3.8) is 0 Å². The maximum atomic E-state index is 10.7. The molecular formula is C9H17O2. The topological polar surface area (TPSA) is 37.0 Å². The molecule has 1 radical (unpaired) electrons. The zero-order valence-electron chi connectivity index (χ0n) is 7.81. The summed E-state index contributed by atoms with van der Waals surface area (Å²) in [6, 6.07) is 0. The molecule has 0 spiro atoms. The quantitative estimate of drug-likeness (QED) is 0.617. The van der Waals surface area contributed by atoms with Gasteiger partial charge in [0, 0.05) is 0 Å². The Balaban J connectivity index is 4.38. The summed E-state index contributed by atoms with van der Waals surface area (Å²) in [5, 5.41) is 10.7. The van der Waals surface area contributed by atoms with E-state index < -0.39 is 11.4 Å². The lowest BCUT2D eigenvalue weighted by Crippen LogP contribution is -2.32. The van der Waals surface area contributed by atoms with Crippen molar-refractivity contribution in [3.8, 4) is 0 Å². The van der Waals surface area contributed by atoms with Crippen molar-refractivity contribution >= 4 is 5.97 Å². The maximum absolute atomic E-state index is 10.7. The molecule has 2 heteroatoms. The third-order valence-corrected chi connectivity index (χ3v) is 2.51. The Kier molecular flexibility index (Phi) is 3.56. The lowest BCUT2D eigenvalue weighted by molar-refractivity contribution is -0.157. The molecule has 1 atom stereocenters. The van der Waals surface area contributed by atoms with E-state index in [1.54, 1.807) is 6.92 Å². The molecule has 1 unspecified atom stereocenters. The van der Waals surface area contributed by atoms with Gasteiger partial charge in [-0.05, 0) is 19.3 Å². The molecule has 0 aromatic carbocycles. The van der Waals surface area contributed by atoms with Crippen molar-refractivity contribution in [1.29, 1.82) is 0 Å². The molecule has 0 saturated carbocycles. The summed E-state index contributed by atoms with van der Waals surface area (Å²) in [7, 11) is 0. The number of carbonyl (C=O) groups excluding carboxylic acids is 1. The highest BCUT2D eigenvalue weighted by Gasteiger charge is 2.36. The summed E-state index contributed by atoms with van der Waals surface area (Å²) in [4.78, 5) is 10.7. The van der Waals surface area contributed by atoms with Gasteiger partial charge < -0.3 is 0 Å². The molecule has 0 aromatic heterocycles. The van der Waals surface area contributed by atoms with Gasteiger partial charge >= 0.3 is 5.97 Å². The molecular weight excluding hydrogens is 140 g/mol. The third-order valence-electron chi connectivity index (χ3n) is 2.51. The van der Waals surface area contributed by atoms with Crippen LogP contribution in [0.3, 0.4) is 0 Å². The lowest BCUT2D eigenvalue weighted by atomic mass is 9.76. The minimum Gasteiger partial charge on any atom is -0.247 e. The molecule has 11 heavy (non-hydrogen) atoms. The van der Waals surface area contributed by atoms with Crippen molar-refractivity contribution in [2.75, 3.05) is 0 Å². The Bertz CT molecular complexity index is 140. The largest absolute Gasteiger partial charge is 0.361 e. The summed E-state index contributed by atoms with van der Waals surface area (Å²) in [5.74, 6) is -0.776. The van der Waals surface area contributed by atoms with E-state index >= 15 is 0 Å². The van der Waals surface area contributed by atoms with E-state index in [2.05, 4.69) is 0 Å². The Hall–Kier alpha value is -0.530. The summed E-state index contributed by atoms with van der Waals surface area (Å²) in [6.07, 6.45) is 1.59. The SMILES string of the molecule is CCCC(C)(C([O])=O)C(C)C. The molecule has 0 rings (SSSR count). The van der Waals surface area contributed by atoms with Crippen molar-refractivity contribution in [2.45, 2.75) is 40.5 Å². The third kappa shape index (κ3) is 2.21. The van der Waals surface area contributed by atoms with Gasteiger partial charge in [0.1, 0.15) is 0 Å². The molecule has 65 valence electrons. The second kappa shape index (κ2) is 3.74. The normalized spacial score (nSPS) is 16.5. The predicted octanol–water partition coefficient (Wildman–Crippen LogP) is 2.41. The van der Waals surface area contributed by atoms with Crippen LogP contribution in [0.15, 0.2) is 0 Å². The van der Waals surface area contributed by atoms with Crippen LogP contribution in [0.5, 0.6) is 0 Å². The van der Waals surface area contributed by atoms with Gasteiger partial charge in [-0.25, -0.2) is 9.90 Å². The lowest BCUT2D eigenvalue weighted by Gasteiger charge is -2.26. The van der Waals surface area contributed by atoms with Crippen LogP contribution in [0, 0.1) is 11.3 Å². The highest BCUT2D eigenvalue weighted by Crippen LogP contribution is 2.32. The highest BCUT2D eigenvalue weighted by atomic mass is 16.4. The minimum absolute atomic E-state index is 0.146. The van der Waals surface area contributed by atoms with E-state index in [0.29, 0.717) is 6.42 Å². The van der Waals surface area contributed by atoms with E-state index in [1.165, 1.54) is 0 Å². The fraction of sp³-hybridized carbons (Fsp3) is 0.889. The van der Waals surface area contributed by atoms with E-state index in [9.17, 15) is 9.90 Å². The molecule has 0 N–H and O–H groups in total. The van der Waals surface area contributed by atoms with Crippen LogP contribution in [0.2, 0.25) is 0 Å². The molecule has 0 heterocycles. The van der Waals surface area contributed by atoms with Crippen LogP contribution in [0.1, 0.15) is 40.5 Å². The van der Waals surface area contributed by atoms with Gasteiger partial charge in [0.2, 0.25) is 0 Å². The molecule has 0 amide bonds. The zero-order chi connectivity index (χ0) is 9.07. The monoisotopic (exact) mass is 157 g/mol. The highest BCUT2D eigenvalue weighted by molar-refractivity contribution is 5.73. The molecule has 2 nitrogen and oxygen atoms in total. The standard InChI is InChI=1S/C9H17O2/c1-5-6-9(4,7(2)3)8(10)11/h7H,5-6H2,1-4H3. The number of hydrogen-bond donors (Lipinski definition) is 0. The second-order valence-corrected chi connectivity index (χ2v) is 3.61. The summed E-state index contributed by atoms with van der Waals surface area (Å²) < 4.78 is 0. The molecule has 0 aliphatic carbocycles. The van der Waals surface area contributed by atoms with Crippen LogP contribution in [0.4, 0.5) is 0 Å². The summed E-state index contributed by atoms with van der Waals surface area (Å²) in [5.41, 5.74) is -0.644. The van der Waals surface area contributed by atoms with Crippen LogP contribution >= 0.6 is 0 Å². The Morgan fingerprint density at radius 2 is 1.91 bits per heavy atom. The average Bonchev–Trinajstić information content (AvgIpc) is 1.87. The fourth-order valence-corrected chi connectivity index (χ4v) is 1.15. The van der Waals surface area contributed by atoms with Crippen molar-refractivity contribution in [2.24, 2.45) is 11.3 Å². The van der Waals surface area contributed by atoms with E-state index in [4.69, 9.17) is 0 Å². The van der Waals surface area contributed by atoms with Gasteiger partial charge in [0.25, 0.3) is 0 Å². The van der Waals surface area contributed by atoms with Gasteiger partial charge in [-0.15, -0.1) is 0 Å². The van der Waals surface area contributed by atoms with E-state index in [1.807, 2.05) is 20.8 Å². The second-order valence-electron chi connectivity index (χ2n) is 3.61. The Labute approximate surface area is 68.6 Å². The molecule has 0 fully saturated rings. The molecule has 0 bridgehead atoms. The van der Waals surface area contributed by atoms with Crippen LogP contribution in [0.25, 0.3) is 0 Å². The van der Waals surface area contributed by atoms with Gasteiger partial charge in [0.05, 0.1) is 5.41 Å². The molecule has 0 saturated heterocycles. The number of carbonyl (C=O) groups is 1. The van der Waals surface area contributed by atoms with Crippen molar-refractivity contribution in [3.05, 3.63) is 0 Å². The maximum Gasteiger partial charge on any atom is 0.361 e. The smallest absolute Gasteiger partial charge is 0.247 e. The minimum atomic E-state index is -0.922. The van der Waals surface area contributed by atoms with Gasteiger partial charge in [-0.3, -0.25) is 0 Å². The van der Waals surface area contributed by atoms with Crippen molar-refractivity contribution < 1.29 is 9.90 Å². The van der Waals surface area contributed by atoms with Gasteiger partial charge in [-0.1, -0.05) is 27.2 Å². The number of rotatable bonds is 4. The molecule has 0 aromatic rings. The first-order valence-electron chi connectivity index (χ1n) is 4.16. The first-order valence-corrected chi connectivity index (χ1v) is 4.16. The molecule has 0 aliphatic heterocycles. The molecule has 0 aliphatic rings. The van der Waals surface area contributed by atoms with Crippen LogP contribution in [-0.2, 0) is 9.90 Å². The Morgan fingerprint density at radius 1 is 1.45 bits per heavy atom. The summed E-state index contributed by atoms with van der Waals surface area (Å²) in [6.45, 7) is 7.59. The van der Waals surface area contributed by atoms with Gasteiger partial charge in [-0.2, -0.15) is 0 Å².